The number of nitrogens with zero attached hydrogens (tertiary/aromatic N) is 3. The van der Waals surface area contributed by atoms with Crippen molar-refractivity contribution in [3.63, 3.8) is 0 Å². The highest BCUT2D eigenvalue weighted by Crippen LogP contribution is 2.68. The van der Waals surface area contributed by atoms with Crippen LogP contribution in [0, 0.1) is 28.6 Å². The van der Waals surface area contributed by atoms with Crippen molar-refractivity contribution in [1.82, 2.24) is 14.7 Å². The number of amides is 1. The van der Waals surface area contributed by atoms with Crippen LogP contribution in [0.1, 0.15) is 78.1 Å². The molecule has 10 nitrogen and oxygen atoms in total. The molecule has 1 amide bonds. The fourth-order valence-corrected chi connectivity index (χ4v) is 10.7. The maximum absolute atomic E-state index is 13.3. The summed E-state index contributed by atoms with van der Waals surface area (Å²) >= 11 is 4.30. The maximum atomic E-state index is 13.3. The van der Waals surface area contributed by atoms with Crippen LogP contribution >= 0.6 is 12.6 Å². The Morgan fingerprint density at radius 2 is 1.92 bits per heavy atom. The van der Waals surface area contributed by atoms with Gasteiger partial charge in [0.1, 0.15) is 0 Å². The summed E-state index contributed by atoms with van der Waals surface area (Å²) in [5.74, 6) is -0.477. The Bertz CT molecular complexity index is 1810. The fraction of sp³-hybridized carbons (Fsp3) is 0.514. The molecule has 252 valence electrons. The number of furan rings is 1. The summed E-state index contributed by atoms with van der Waals surface area (Å²) in [5, 5.41) is 16.4. The molecule has 11 heteroatoms. The molecule has 5 aliphatic rings. The molecule has 1 N–H and O–H groups in total. The topological polar surface area (TPSA) is 124 Å². The van der Waals surface area contributed by atoms with Gasteiger partial charge in [0.15, 0.2) is 5.60 Å². The molecule has 1 aliphatic heterocycles. The summed E-state index contributed by atoms with van der Waals surface area (Å²) in [4.78, 5) is 41.5. The van der Waals surface area contributed by atoms with Crippen LogP contribution in [0.25, 0.3) is 11.8 Å². The summed E-state index contributed by atoms with van der Waals surface area (Å²) in [6.45, 7) is 6.54. The monoisotopic (exact) mass is 671 g/mol. The van der Waals surface area contributed by atoms with Crippen LogP contribution < -0.4 is 0 Å². The van der Waals surface area contributed by atoms with E-state index in [1.807, 2.05) is 47.0 Å². The van der Waals surface area contributed by atoms with Gasteiger partial charge in [0.05, 0.1) is 43.2 Å². The third kappa shape index (κ3) is 4.60. The SMILES string of the molecule is C[C@]12Cc3cnn(-c4cccc(C(=O)N5CCOCC5)c4)c3C=C1CC[C@@H]1C2[C@@H](O)C[C@@]2(C)C1CC[C@]2(OC(=O)c1ccco1)C(=O)S. The second-order valence-corrected chi connectivity index (χ2v) is 15.2. The van der Waals surface area contributed by atoms with Gasteiger partial charge < -0.3 is 23.9 Å². The number of esters is 1. The van der Waals surface area contributed by atoms with E-state index in [0.717, 1.165) is 36.2 Å². The van der Waals surface area contributed by atoms with Crippen molar-refractivity contribution in [2.45, 2.75) is 64.1 Å². The van der Waals surface area contributed by atoms with Crippen molar-refractivity contribution in [2.24, 2.45) is 28.6 Å². The first-order valence-electron chi connectivity index (χ1n) is 17.0. The second kappa shape index (κ2) is 11.5. The molecule has 3 saturated carbocycles. The zero-order chi connectivity index (χ0) is 33.4. The molecule has 0 bridgehead atoms. The number of hydrogen-bond donors (Lipinski definition) is 2. The minimum absolute atomic E-state index is 0.00464. The van der Waals surface area contributed by atoms with Gasteiger partial charge in [-0.05, 0) is 104 Å². The van der Waals surface area contributed by atoms with Crippen LogP contribution in [-0.4, -0.2) is 74.8 Å². The first kappa shape index (κ1) is 31.6. The molecule has 1 aromatic carbocycles. The lowest BCUT2D eigenvalue weighted by molar-refractivity contribution is -0.174. The molecule has 0 radical (unpaired) electrons. The molecule has 2 unspecified atom stereocenters. The molecular weight excluding hydrogens is 630 g/mol. The van der Waals surface area contributed by atoms with Gasteiger partial charge >= 0.3 is 5.97 Å². The number of morpholine rings is 1. The van der Waals surface area contributed by atoms with E-state index >= 15 is 0 Å². The molecule has 4 aliphatic carbocycles. The molecule has 2 aromatic heterocycles. The number of aliphatic hydroxyl groups excluding tert-OH is 1. The Labute approximate surface area is 284 Å². The third-order valence-electron chi connectivity index (χ3n) is 12.5. The summed E-state index contributed by atoms with van der Waals surface area (Å²) in [6.07, 6.45) is 8.70. The maximum Gasteiger partial charge on any atom is 0.375 e. The minimum Gasteiger partial charge on any atom is -0.457 e. The Morgan fingerprint density at radius 3 is 2.67 bits per heavy atom. The number of aromatic nitrogens is 2. The number of rotatable bonds is 5. The molecule has 1 saturated heterocycles. The van der Waals surface area contributed by atoms with E-state index in [9.17, 15) is 19.5 Å². The van der Waals surface area contributed by atoms with Gasteiger partial charge in [0.2, 0.25) is 10.9 Å². The highest BCUT2D eigenvalue weighted by Gasteiger charge is 2.70. The summed E-state index contributed by atoms with van der Waals surface area (Å²) in [5.41, 5.74) is 2.33. The third-order valence-corrected chi connectivity index (χ3v) is 12.9. The van der Waals surface area contributed by atoms with Crippen molar-refractivity contribution >= 4 is 35.7 Å². The van der Waals surface area contributed by atoms with Crippen LogP contribution in [0.3, 0.4) is 0 Å². The Balaban J connectivity index is 1.08. The Kier molecular flexibility index (Phi) is 7.54. The lowest BCUT2D eigenvalue weighted by atomic mass is 9.45. The van der Waals surface area contributed by atoms with Gasteiger partial charge in [-0.2, -0.15) is 5.10 Å². The standard InChI is InChI=1S/C37H41N3O7S/c1-35-19-23-21-38-40(25-6-3-5-22(17-25)32(42)39-12-15-45-16-13-39)28(23)18-24(35)8-9-26-27-10-11-37(34(44)48,36(27,2)20-29(41)31(26)35)47-33(43)30-7-4-14-46-30/h3-7,14,17-18,21,26-27,29,31,41H,8-13,15-16,19-20H2,1-2H3,(H,44,48)/t26-,27?,29-,31?,35-,36-,37-/m0/s1. The van der Waals surface area contributed by atoms with Gasteiger partial charge in [-0.1, -0.05) is 25.5 Å². The zero-order valence-corrected chi connectivity index (χ0v) is 28.2. The predicted molar refractivity (Wildman–Crippen MR) is 179 cm³/mol. The first-order valence-corrected chi connectivity index (χ1v) is 17.4. The largest absolute Gasteiger partial charge is 0.457 e. The van der Waals surface area contributed by atoms with Crippen molar-refractivity contribution in [2.75, 3.05) is 26.3 Å². The molecule has 3 heterocycles. The average molecular weight is 672 g/mol. The number of benzene rings is 1. The van der Waals surface area contributed by atoms with E-state index < -0.39 is 28.2 Å². The van der Waals surface area contributed by atoms with E-state index in [-0.39, 0.29) is 34.8 Å². The van der Waals surface area contributed by atoms with Crippen LogP contribution in [0.4, 0.5) is 0 Å². The minimum atomic E-state index is -1.45. The number of ether oxygens (including phenoxy) is 2. The fourth-order valence-electron chi connectivity index (χ4n) is 10.3. The van der Waals surface area contributed by atoms with E-state index in [1.54, 1.807) is 6.07 Å². The van der Waals surface area contributed by atoms with E-state index in [4.69, 9.17) is 19.0 Å². The van der Waals surface area contributed by atoms with Crippen LogP contribution in [0.5, 0.6) is 0 Å². The number of thiol groups is 1. The molecule has 4 fully saturated rings. The van der Waals surface area contributed by atoms with E-state index in [0.29, 0.717) is 51.1 Å². The number of aliphatic hydroxyl groups is 1. The van der Waals surface area contributed by atoms with Crippen LogP contribution in [-0.2, 0) is 20.7 Å². The Hall–Kier alpha value is -3.67. The molecule has 3 aromatic rings. The van der Waals surface area contributed by atoms with Gasteiger partial charge in [-0.15, -0.1) is 12.6 Å². The van der Waals surface area contributed by atoms with Gasteiger partial charge in [0, 0.05) is 24.1 Å². The number of allylic oxidation sites excluding steroid dienone is 1. The van der Waals surface area contributed by atoms with Crippen molar-refractivity contribution in [3.8, 4) is 5.69 Å². The zero-order valence-electron chi connectivity index (χ0n) is 27.3. The first-order chi connectivity index (χ1) is 23.1. The lowest BCUT2D eigenvalue weighted by Gasteiger charge is -2.60. The molecule has 48 heavy (non-hydrogen) atoms. The van der Waals surface area contributed by atoms with Gasteiger partial charge in [-0.25, -0.2) is 9.48 Å². The molecule has 8 rings (SSSR count). The van der Waals surface area contributed by atoms with Crippen molar-refractivity contribution in [3.05, 3.63) is 77.0 Å². The summed E-state index contributed by atoms with van der Waals surface area (Å²) < 4.78 is 18.7. The normalized spacial score (nSPS) is 33.9. The quantitative estimate of drug-likeness (QED) is 0.282. The average Bonchev–Trinajstić information content (AvgIpc) is 3.82. The number of carbonyl (C=O) groups excluding carboxylic acids is 3. The Morgan fingerprint density at radius 1 is 1.10 bits per heavy atom. The van der Waals surface area contributed by atoms with E-state index in [2.05, 4.69) is 25.6 Å². The van der Waals surface area contributed by atoms with Gasteiger partial charge in [0.25, 0.3) is 5.91 Å². The van der Waals surface area contributed by atoms with E-state index in [1.165, 1.54) is 17.9 Å². The van der Waals surface area contributed by atoms with Crippen molar-refractivity contribution in [1.29, 1.82) is 0 Å². The molecule has 0 spiro atoms. The number of hydrogen-bond acceptors (Lipinski definition) is 8. The smallest absolute Gasteiger partial charge is 0.375 e. The second-order valence-electron chi connectivity index (χ2n) is 14.7. The highest BCUT2D eigenvalue weighted by molar-refractivity contribution is 7.96. The molecular formula is C37H41N3O7S. The van der Waals surface area contributed by atoms with Crippen LogP contribution in [0.15, 0.2) is 58.8 Å². The van der Waals surface area contributed by atoms with Crippen LogP contribution in [0.2, 0.25) is 0 Å². The van der Waals surface area contributed by atoms with Crippen molar-refractivity contribution < 1.29 is 33.4 Å². The van der Waals surface area contributed by atoms with Gasteiger partial charge in [-0.3, -0.25) is 9.59 Å². The number of fused-ring (bicyclic) bond motifs is 6. The highest BCUT2D eigenvalue weighted by atomic mass is 32.1. The number of carbonyl (C=O) groups is 3. The molecule has 7 atom stereocenters. The summed E-state index contributed by atoms with van der Waals surface area (Å²) in [6, 6.07) is 10.8. The summed E-state index contributed by atoms with van der Waals surface area (Å²) in [7, 11) is 0. The lowest BCUT2D eigenvalue weighted by Crippen LogP contribution is -2.62. The predicted octanol–water partition coefficient (Wildman–Crippen LogP) is 5.14.